The summed E-state index contributed by atoms with van der Waals surface area (Å²) in [6.07, 6.45) is 0. The van der Waals surface area contributed by atoms with Crippen molar-refractivity contribution in [1.29, 1.82) is 0 Å². The van der Waals surface area contributed by atoms with Crippen LogP contribution in [0.4, 0.5) is 0 Å². The van der Waals surface area contributed by atoms with E-state index in [0.717, 1.165) is 32.4 Å². The Kier molecular flexibility index (Phi) is 6.51. The first-order valence-corrected chi connectivity index (χ1v) is 11.2. The standard InChI is InChI=1S/C26H22BrN3O3/c1-16-4-7-20(8-5-16)25-28-24(29-30(25)22-13-6-17(2)14-18(22)3)26(32)33-15-23(31)19-9-11-21(27)12-10-19/h4-14H,15H2,1-3H3. The molecule has 0 saturated heterocycles. The summed E-state index contributed by atoms with van der Waals surface area (Å²) in [5, 5.41) is 4.45. The Labute approximate surface area is 200 Å². The van der Waals surface area contributed by atoms with Crippen LogP contribution in [-0.2, 0) is 4.74 Å². The summed E-state index contributed by atoms with van der Waals surface area (Å²) < 4.78 is 7.75. The zero-order chi connectivity index (χ0) is 23.5. The lowest BCUT2D eigenvalue weighted by molar-refractivity contribution is 0.0462. The van der Waals surface area contributed by atoms with Crippen molar-refractivity contribution in [1.82, 2.24) is 14.8 Å². The van der Waals surface area contributed by atoms with Gasteiger partial charge >= 0.3 is 5.97 Å². The SMILES string of the molecule is Cc1ccc(-c2nc(C(=O)OCC(=O)c3ccc(Br)cc3)nn2-c2ccc(C)cc2C)cc1. The molecular formula is C26H22BrN3O3. The maximum atomic E-state index is 12.7. The van der Waals surface area contributed by atoms with Crippen molar-refractivity contribution >= 4 is 27.7 Å². The number of aryl methyl sites for hydroxylation is 3. The van der Waals surface area contributed by atoms with E-state index in [1.165, 1.54) is 0 Å². The normalized spacial score (nSPS) is 10.8. The Morgan fingerprint density at radius 3 is 2.24 bits per heavy atom. The number of hydrogen-bond donors (Lipinski definition) is 0. The molecule has 1 heterocycles. The summed E-state index contributed by atoms with van der Waals surface area (Å²) in [6, 6.07) is 20.7. The lowest BCUT2D eigenvalue weighted by atomic mass is 10.1. The molecule has 0 radical (unpaired) electrons. The molecule has 166 valence electrons. The average Bonchev–Trinajstić information content (AvgIpc) is 3.23. The molecule has 0 amide bonds. The van der Waals surface area contributed by atoms with Crippen molar-refractivity contribution in [3.8, 4) is 17.1 Å². The molecule has 6 nitrogen and oxygen atoms in total. The number of carbonyl (C=O) groups excluding carboxylic acids is 2. The number of carbonyl (C=O) groups is 2. The Balaban J connectivity index is 1.64. The third kappa shape index (κ3) is 5.09. The molecule has 0 saturated carbocycles. The van der Waals surface area contributed by atoms with Crippen LogP contribution < -0.4 is 0 Å². The van der Waals surface area contributed by atoms with E-state index >= 15 is 0 Å². The molecule has 0 fully saturated rings. The number of aromatic nitrogens is 3. The maximum absolute atomic E-state index is 12.7. The molecule has 33 heavy (non-hydrogen) atoms. The molecule has 0 aliphatic rings. The van der Waals surface area contributed by atoms with E-state index in [9.17, 15) is 9.59 Å². The van der Waals surface area contributed by atoms with E-state index in [4.69, 9.17) is 4.74 Å². The molecule has 0 aliphatic heterocycles. The van der Waals surface area contributed by atoms with Gasteiger partial charge in [0.15, 0.2) is 18.2 Å². The molecule has 0 unspecified atom stereocenters. The Hall–Kier alpha value is -3.58. The van der Waals surface area contributed by atoms with Crippen LogP contribution in [0.3, 0.4) is 0 Å². The van der Waals surface area contributed by atoms with Gasteiger partial charge in [0.1, 0.15) is 0 Å². The minimum absolute atomic E-state index is 0.103. The number of Topliss-reactive ketones (excluding diaryl/α,β-unsaturated/α-hetero) is 1. The second-order valence-corrected chi connectivity index (χ2v) is 8.75. The quantitative estimate of drug-likeness (QED) is 0.250. The summed E-state index contributed by atoms with van der Waals surface area (Å²) in [6.45, 7) is 5.62. The van der Waals surface area contributed by atoms with Gasteiger partial charge in [0, 0.05) is 15.6 Å². The second kappa shape index (κ2) is 9.50. The fourth-order valence-electron chi connectivity index (χ4n) is 3.41. The van der Waals surface area contributed by atoms with Crippen LogP contribution in [0.1, 0.15) is 37.7 Å². The van der Waals surface area contributed by atoms with Gasteiger partial charge in [-0.15, -0.1) is 5.10 Å². The average molecular weight is 504 g/mol. The summed E-state index contributed by atoms with van der Waals surface area (Å²) in [5.41, 5.74) is 5.33. The van der Waals surface area contributed by atoms with Crippen molar-refractivity contribution in [2.75, 3.05) is 6.61 Å². The van der Waals surface area contributed by atoms with Crippen LogP contribution in [0.15, 0.2) is 71.2 Å². The number of ether oxygens (including phenoxy) is 1. The highest BCUT2D eigenvalue weighted by atomic mass is 79.9. The van der Waals surface area contributed by atoms with Gasteiger partial charge in [-0.05, 0) is 44.5 Å². The van der Waals surface area contributed by atoms with Gasteiger partial charge < -0.3 is 4.74 Å². The predicted molar refractivity (Wildman–Crippen MR) is 130 cm³/mol. The number of nitrogens with zero attached hydrogens (tertiary/aromatic N) is 3. The first-order chi connectivity index (χ1) is 15.8. The molecule has 0 N–H and O–H groups in total. The van der Waals surface area contributed by atoms with Crippen molar-refractivity contribution in [3.05, 3.63) is 99.3 Å². The monoisotopic (exact) mass is 503 g/mol. The zero-order valence-electron chi connectivity index (χ0n) is 18.5. The van der Waals surface area contributed by atoms with Gasteiger partial charge in [0.05, 0.1) is 5.69 Å². The molecule has 3 aromatic carbocycles. The molecule has 0 aliphatic carbocycles. The van der Waals surface area contributed by atoms with E-state index < -0.39 is 12.6 Å². The summed E-state index contributed by atoms with van der Waals surface area (Å²) in [4.78, 5) is 29.6. The lowest BCUT2D eigenvalue weighted by Gasteiger charge is -2.10. The van der Waals surface area contributed by atoms with Crippen LogP contribution in [0.25, 0.3) is 17.1 Å². The van der Waals surface area contributed by atoms with Gasteiger partial charge in [-0.3, -0.25) is 4.79 Å². The first-order valence-electron chi connectivity index (χ1n) is 10.4. The number of ketones is 1. The number of halogens is 1. The highest BCUT2D eigenvalue weighted by molar-refractivity contribution is 9.10. The molecule has 0 spiro atoms. The highest BCUT2D eigenvalue weighted by Crippen LogP contribution is 2.24. The van der Waals surface area contributed by atoms with Crippen LogP contribution >= 0.6 is 15.9 Å². The predicted octanol–water partition coefficient (Wildman–Crippen LogP) is 5.66. The van der Waals surface area contributed by atoms with Crippen LogP contribution in [-0.4, -0.2) is 33.1 Å². The summed E-state index contributed by atoms with van der Waals surface area (Å²) >= 11 is 3.33. The molecule has 0 bridgehead atoms. The summed E-state index contributed by atoms with van der Waals surface area (Å²) in [7, 11) is 0. The minimum Gasteiger partial charge on any atom is -0.451 e. The zero-order valence-corrected chi connectivity index (χ0v) is 20.1. The number of esters is 1. The minimum atomic E-state index is -0.752. The van der Waals surface area contributed by atoms with E-state index in [2.05, 4.69) is 26.0 Å². The molecule has 0 atom stereocenters. The number of rotatable bonds is 6. The van der Waals surface area contributed by atoms with Gasteiger partial charge in [0.25, 0.3) is 5.82 Å². The second-order valence-electron chi connectivity index (χ2n) is 7.83. The van der Waals surface area contributed by atoms with Crippen molar-refractivity contribution in [2.45, 2.75) is 20.8 Å². The third-order valence-corrected chi connectivity index (χ3v) is 5.71. The molecular weight excluding hydrogens is 482 g/mol. The van der Waals surface area contributed by atoms with Crippen molar-refractivity contribution in [3.63, 3.8) is 0 Å². The topological polar surface area (TPSA) is 74.1 Å². The number of benzene rings is 3. The molecule has 1 aromatic heterocycles. The highest BCUT2D eigenvalue weighted by Gasteiger charge is 2.22. The van der Waals surface area contributed by atoms with Crippen molar-refractivity contribution < 1.29 is 14.3 Å². The smallest absolute Gasteiger partial charge is 0.378 e. The van der Waals surface area contributed by atoms with Crippen LogP contribution in [0.5, 0.6) is 0 Å². The summed E-state index contributed by atoms with van der Waals surface area (Å²) in [5.74, 6) is -0.636. The van der Waals surface area contributed by atoms with E-state index in [0.29, 0.717) is 11.4 Å². The van der Waals surface area contributed by atoms with E-state index in [-0.39, 0.29) is 11.6 Å². The molecule has 7 heteroatoms. The fourth-order valence-corrected chi connectivity index (χ4v) is 3.68. The third-order valence-electron chi connectivity index (χ3n) is 5.18. The van der Waals surface area contributed by atoms with Crippen LogP contribution in [0, 0.1) is 20.8 Å². The van der Waals surface area contributed by atoms with E-state index in [1.54, 1.807) is 28.9 Å². The van der Waals surface area contributed by atoms with Crippen LogP contribution in [0.2, 0.25) is 0 Å². The van der Waals surface area contributed by atoms with E-state index in [1.807, 2.05) is 63.2 Å². The maximum Gasteiger partial charge on any atom is 0.378 e. The molecule has 4 aromatic rings. The van der Waals surface area contributed by atoms with Crippen molar-refractivity contribution in [2.24, 2.45) is 0 Å². The van der Waals surface area contributed by atoms with Gasteiger partial charge in [-0.2, -0.15) is 0 Å². The number of hydrogen-bond acceptors (Lipinski definition) is 5. The molecule has 4 rings (SSSR count). The first kappa shape index (κ1) is 22.6. The Morgan fingerprint density at radius 1 is 0.909 bits per heavy atom. The Morgan fingerprint density at radius 2 is 1.58 bits per heavy atom. The largest absolute Gasteiger partial charge is 0.451 e. The fraction of sp³-hybridized carbons (Fsp3) is 0.154. The Bertz CT molecular complexity index is 1330. The van der Waals surface area contributed by atoms with Gasteiger partial charge in [0.2, 0.25) is 0 Å². The lowest BCUT2D eigenvalue weighted by Crippen LogP contribution is -2.15. The van der Waals surface area contributed by atoms with Gasteiger partial charge in [-0.1, -0.05) is 75.6 Å². The van der Waals surface area contributed by atoms with Gasteiger partial charge in [-0.25, -0.2) is 14.5 Å².